The van der Waals surface area contributed by atoms with Gasteiger partial charge in [0, 0.05) is 6.20 Å². The first kappa shape index (κ1) is 22.1. The van der Waals surface area contributed by atoms with Crippen molar-refractivity contribution in [3.63, 3.8) is 0 Å². The summed E-state index contributed by atoms with van der Waals surface area (Å²) in [6.45, 7) is 5.35. The van der Waals surface area contributed by atoms with E-state index in [1.165, 1.54) is 6.07 Å². The number of rotatable bonds is 7. The molecule has 6 nitrogen and oxygen atoms in total. The average molecular weight is 420 g/mol. The predicted octanol–water partition coefficient (Wildman–Crippen LogP) is 4.98. The highest BCUT2D eigenvalue weighted by Crippen LogP contribution is 2.38. The van der Waals surface area contributed by atoms with Crippen LogP contribution in [0.2, 0.25) is 15.1 Å². The molecule has 0 atom stereocenters. The van der Waals surface area contributed by atoms with Gasteiger partial charge in [0.25, 0.3) is 0 Å². The van der Waals surface area contributed by atoms with Crippen LogP contribution < -0.4 is 5.32 Å². The number of nitriles is 1. The molecule has 1 N–H and O–H groups in total. The third-order valence-corrected chi connectivity index (χ3v) is 4.03. The smallest absolute Gasteiger partial charge is 0.350 e. The first-order chi connectivity index (χ1) is 12.2. The molecule has 0 bridgehead atoms. The van der Waals surface area contributed by atoms with Crippen LogP contribution >= 0.6 is 34.8 Å². The highest BCUT2D eigenvalue weighted by molar-refractivity contribution is 6.47. The number of hydrogen-bond donors (Lipinski definition) is 1. The molecule has 1 aromatic carbocycles. The Morgan fingerprint density at radius 3 is 2.50 bits per heavy atom. The van der Waals surface area contributed by atoms with Crippen molar-refractivity contribution >= 4 is 52.4 Å². The molecular formula is C17H17Cl3N2O4. The Morgan fingerprint density at radius 2 is 1.96 bits per heavy atom. The van der Waals surface area contributed by atoms with Gasteiger partial charge in [-0.05, 0) is 26.3 Å². The van der Waals surface area contributed by atoms with Crippen molar-refractivity contribution in [1.29, 1.82) is 5.26 Å². The van der Waals surface area contributed by atoms with Crippen LogP contribution in [-0.4, -0.2) is 24.6 Å². The average Bonchev–Trinajstić information content (AvgIpc) is 2.57. The molecule has 0 fully saturated rings. The van der Waals surface area contributed by atoms with E-state index < -0.39 is 11.9 Å². The number of nitrogens with one attached hydrogen (secondary N) is 1. The highest BCUT2D eigenvalue weighted by atomic mass is 35.5. The number of nitrogens with zero attached hydrogens (tertiary/aromatic N) is 1. The van der Waals surface area contributed by atoms with Crippen molar-refractivity contribution in [3.05, 3.63) is 38.5 Å². The Morgan fingerprint density at radius 1 is 1.31 bits per heavy atom. The van der Waals surface area contributed by atoms with Crippen LogP contribution in [0.3, 0.4) is 0 Å². The van der Waals surface area contributed by atoms with Crippen LogP contribution in [0.5, 0.6) is 0 Å². The Balaban J connectivity index is 3.20. The summed E-state index contributed by atoms with van der Waals surface area (Å²) in [6.07, 6.45) is 1.35. The van der Waals surface area contributed by atoms with E-state index in [1.54, 1.807) is 19.9 Å². The van der Waals surface area contributed by atoms with E-state index in [0.717, 1.165) is 6.20 Å². The molecule has 0 spiro atoms. The van der Waals surface area contributed by atoms with Crippen LogP contribution in [0.1, 0.15) is 37.6 Å². The van der Waals surface area contributed by atoms with Gasteiger partial charge in [0.1, 0.15) is 11.6 Å². The van der Waals surface area contributed by atoms with Crippen LogP contribution in [-0.2, 0) is 14.3 Å². The van der Waals surface area contributed by atoms with Crippen LogP contribution in [0.4, 0.5) is 5.69 Å². The number of carbonyl (C=O) groups is 2. The lowest BCUT2D eigenvalue weighted by molar-refractivity contribution is -0.142. The number of ether oxygens (including phenoxy) is 2. The van der Waals surface area contributed by atoms with E-state index in [2.05, 4.69) is 5.32 Å². The molecule has 0 unspecified atom stereocenters. The SMILES string of the molecule is CCCOC(=O)c1c(Cl)c(Cl)cc(NC=C(C#N)C(=O)OC(C)C)c1Cl. The van der Waals surface area contributed by atoms with Crippen molar-refractivity contribution in [2.24, 2.45) is 0 Å². The molecule has 26 heavy (non-hydrogen) atoms. The maximum atomic E-state index is 12.2. The summed E-state index contributed by atoms with van der Waals surface area (Å²) in [5.41, 5.74) is -0.209. The summed E-state index contributed by atoms with van der Waals surface area (Å²) in [4.78, 5) is 24.0. The standard InChI is InChI=1S/C17H17Cl3N2O4/c1-4-5-25-17(24)13-14(19)11(18)6-12(15(13)20)22-8-10(7-21)16(23)26-9(2)3/h6,8-9,22H,4-5H2,1-3H3. The summed E-state index contributed by atoms with van der Waals surface area (Å²) >= 11 is 18.3. The summed E-state index contributed by atoms with van der Waals surface area (Å²) in [5.74, 6) is -1.52. The van der Waals surface area contributed by atoms with Crippen LogP contribution in [0.25, 0.3) is 0 Å². The van der Waals surface area contributed by atoms with Crippen molar-refractivity contribution in [1.82, 2.24) is 0 Å². The lowest BCUT2D eigenvalue weighted by atomic mass is 10.2. The first-order valence-electron chi connectivity index (χ1n) is 7.65. The summed E-state index contributed by atoms with van der Waals surface area (Å²) < 4.78 is 9.99. The summed E-state index contributed by atoms with van der Waals surface area (Å²) in [7, 11) is 0. The van der Waals surface area contributed by atoms with Crippen molar-refractivity contribution in [2.75, 3.05) is 11.9 Å². The van der Waals surface area contributed by atoms with E-state index in [4.69, 9.17) is 49.5 Å². The predicted molar refractivity (Wildman–Crippen MR) is 101 cm³/mol. The number of halogens is 3. The van der Waals surface area contributed by atoms with Gasteiger partial charge < -0.3 is 14.8 Å². The Kier molecular flexibility index (Phi) is 8.73. The molecule has 0 radical (unpaired) electrons. The second-order valence-electron chi connectivity index (χ2n) is 5.31. The molecule has 0 saturated heterocycles. The number of benzene rings is 1. The molecular weight excluding hydrogens is 403 g/mol. The largest absolute Gasteiger partial charge is 0.462 e. The zero-order valence-corrected chi connectivity index (χ0v) is 16.6. The van der Waals surface area contributed by atoms with Gasteiger partial charge in [0.05, 0.1) is 33.5 Å². The Labute approximate surface area is 166 Å². The van der Waals surface area contributed by atoms with E-state index in [-0.39, 0.29) is 44.6 Å². The van der Waals surface area contributed by atoms with Crippen molar-refractivity contribution in [3.8, 4) is 6.07 Å². The number of esters is 2. The molecule has 0 heterocycles. The van der Waals surface area contributed by atoms with E-state index >= 15 is 0 Å². The lowest BCUT2D eigenvalue weighted by Gasteiger charge is -2.13. The molecule has 0 saturated carbocycles. The maximum absolute atomic E-state index is 12.2. The number of hydrogen-bond acceptors (Lipinski definition) is 6. The monoisotopic (exact) mass is 418 g/mol. The van der Waals surface area contributed by atoms with Crippen molar-refractivity contribution in [2.45, 2.75) is 33.3 Å². The van der Waals surface area contributed by atoms with Gasteiger partial charge in [-0.3, -0.25) is 0 Å². The highest BCUT2D eigenvalue weighted by Gasteiger charge is 2.22. The fourth-order valence-electron chi connectivity index (χ4n) is 1.72. The first-order valence-corrected chi connectivity index (χ1v) is 8.78. The number of carbonyl (C=O) groups excluding carboxylic acids is 2. The quantitative estimate of drug-likeness (QED) is 0.290. The molecule has 0 aliphatic heterocycles. The molecule has 0 aliphatic carbocycles. The second-order valence-corrected chi connectivity index (χ2v) is 6.48. The fraction of sp³-hybridized carbons (Fsp3) is 0.353. The molecule has 0 aromatic heterocycles. The van der Waals surface area contributed by atoms with E-state index in [0.29, 0.717) is 6.42 Å². The zero-order valence-electron chi connectivity index (χ0n) is 14.4. The van der Waals surface area contributed by atoms with Gasteiger partial charge in [-0.25, -0.2) is 9.59 Å². The normalized spacial score (nSPS) is 11.1. The third-order valence-electron chi connectivity index (χ3n) is 2.85. The van der Waals surface area contributed by atoms with E-state index in [9.17, 15) is 9.59 Å². The minimum absolute atomic E-state index is 0.0491. The van der Waals surface area contributed by atoms with Crippen LogP contribution in [0, 0.1) is 11.3 Å². The molecule has 9 heteroatoms. The molecule has 140 valence electrons. The van der Waals surface area contributed by atoms with Gasteiger partial charge in [0.2, 0.25) is 0 Å². The number of anilines is 1. The molecule has 1 rings (SSSR count). The van der Waals surface area contributed by atoms with Gasteiger partial charge in [0.15, 0.2) is 5.57 Å². The fourth-order valence-corrected chi connectivity index (χ4v) is 2.48. The van der Waals surface area contributed by atoms with Gasteiger partial charge in [-0.15, -0.1) is 0 Å². The Bertz CT molecular complexity index is 770. The minimum Gasteiger partial charge on any atom is -0.462 e. The lowest BCUT2D eigenvalue weighted by Crippen LogP contribution is -2.14. The van der Waals surface area contributed by atoms with E-state index in [1.807, 2.05) is 6.92 Å². The zero-order chi connectivity index (χ0) is 19.9. The topological polar surface area (TPSA) is 88.4 Å². The minimum atomic E-state index is -0.797. The molecule has 0 amide bonds. The molecule has 1 aromatic rings. The van der Waals surface area contributed by atoms with Crippen molar-refractivity contribution < 1.29 is 19.1 Å². The summed E-state index contributed by atoms with van der Waals surface area (Å²) in [6, 6.07) is 3.08. The molecule has 0 aliphatic rings. The van der Waals surface area contributed by atoms with Crippen LogP contribution in [0.15, 0.2) is 17.8 Å². The second kappa shape index (κ2) is 10.3. The third kappa shape index (κ3) is 5.80. The summed E-state index contributed by atoms with van der Waals surface area (Å²) in [5, 5.41) is 11.7. The Hall–Kier alpha value is -1.94. The van der Waals surface area contributed by atoms with Gasteiger partial charge >= 0.3 is 11.9 Å². The maximum Gasteiger partial charge on any atom is 0.350 e. The van der Waals surface area contributed by atoms with Gasteiger partial charge in [-0.2, -0.15) is 5.26 Å². The van der Waals surface area contributed by atoms with Gasteiger partial charge in [-0.1, -0.05) is 41.7 Å².